The van der Waals surface area contributed by atoms with Crippen molar-refractivity contribution in [2.75, 3.05) is 26.1 Å². The Morgan fingerprint density at radius 1 is 1.12 bits per heavy atom. The third kappa shape index (κ3) is 4.77. The molecule has 0 aliphatic carbocycles. The summed E-state index contributed by atoms with van der Waals surface area (Å²) in [6, 6.07) is 14.0. The molecule has 0 spiro atoms. The number of carbonyl (C=O) groups is 1. The van der Waals surface area contributed by atoms with Crippen LogP contribution >= 0.6 is 0 Å². The average Bonchev–Trinajstić information content (AvgIpc) is 2.67. The average molecular weight is 352 g/mol. The highest BCUT2D eigenvalue weighted by molar-refractivity contribution is 6.09. The highest BCUT2D eigenvalue weighted by atomic mass is 16.5. The SMILES string of the molecule is CCOc1ccc(NC(=O)C(C#N)=Cc2ccc(OC)cc2OC)cc1. The molecule has 0 radical (unpaired) electrons. The first-order valence-electron chi connectivity index (χ1n) is 7.99. The van der Waals surface area contributed by atoms with Gasteiger partial charge >= 0.3 is 0 Å². The van der Waals surface area contributed by atoms with Gasteiger partial charge in [0.1, 0.15) is 28.9 Å². The van der Waals surface area contributed by atoms with Gasteiger partial charge in [-0.15, -0.1) is 0 Å². The van der Waals surface area contributed by atoms with Crippen LogP contribution in [0, 0.1) is 11.3 Å². The predicted octanol–water partition coefficient (Wildman–Crippen LogP) is 3.65. The zero-order chi connectivity index (χ0) is 18.9. The van der Waals surface area contributed by atoms with Gasteiger partial charge in [-0.25, -0.2) is 0 Å². The Hall–Kier alpha value is -3.46. The Bertz CT molecular complexity index is 836. The summed E-state index contributed by atoms with van der Waals surface area (Å²) in [7, 11) is 3.06. The number of benzene rings is 2. The van der Waals surface area contributed by atoms with Crippen LogP contribution in [0.3, 0.4) is 0 Å². The maximum absolute atomic E-state index is 12.4. The molecule has 6 heteroatoms. The van der Waals surface area contributed by atoms with Crippen molar-refractivity contribution in [2.24, 2.45) is 0 Å². The molecule has 0 heterocycles. The van der Waals surface area contributed by atoms with E-state index in [-0.39, 0.29) is 5.57 Å². The van der Waals surface area contributed by atoms with Crippen molar-refractivity contribution in [3.8, 4) is 23.3 Å². The van der Waals surface area contributed by atoms with Crippen molar-refractivity contribution in [3.63, 3.8) is 0 Å². The van der Waals surface area contributed by atoms with E-state index in [1.807, 2.05) is 13.0 Å². The number of amides is 1. The molecular formula is C20H20N2O4. The first-order valence-corrected chi connectivity index (χ1v) is 7.99. The molecule has 0 aliphatic heterocycles. The number of nitrogens with zero attached hydrogens (tertiary/aromatic N) is 1. The Morgan fingerprint density at radius 3 is 2.38 bits per heavy atom. The van der Waals surface area contributed by atoms with Crippen molar-refractivity contribution in [3.05, 3.63) is 53.6 Å². The molecule has 0 aliphatic rings. The number of anilines is 1. The molecule has 0 bridgehead atoms. The zero-order valence-corrected chi connectivity index (χ0v) is 14.9. The van der Waals surface area contributed by atoms with Gasteiger partial charge in [0, 0.05) is 17.3 Å². The molecule has 0 atom stereocenters. The lowest BCUT2D eigenvalue weighted by Crippen LogP contribution is -2.13. The normalized spacial score (nSPS) is 10.6. The molecule has 2 rings (SSSR count). The van der Waals surface area contributed by atoms with Crippen molar-refractivity contribution >= 4 is 17.7 Å². The van der Waals surface area contributed by atoms with Crippen LogP contribution in [0.15, 0.2) is 48.0 Å². The van der Waals surface area contributed by atoms with Crippen molar-refractivity contribution in [2.45, 2.75) is 6.92 Å². The summed E-state index contributed by atoms with van der Waals surface area (Å²) in [5.74, 6) is 1.33. The van der Waals surface area contributed by atoms with Gasteiger partial charge in [0.15, 0.2) is 0 Å². The second-order valence-electron chi connectivity index (χ2n) is 5.19. The van der Waals surface area contributed by atoms with Crippen LogP contribution in [0.4, 0.5) is 5.69 Å². The molecule has 0 saturated carbocycles. The van der Waals surface area contributed by atoms with Crippen LogP contribution in [0.25, 0.3) is 6.08 Å². The van der Waals surface area contributed by atoms with Gasteiger partial charge in [-0.05, 0) is 49.4 Å². The Morgan fingerprint density at radius 2 is 1.81 bits per heavy atom. The molecule has 1 N–H and O–H groups in total. The van der Waals surface area contributed by atoms with Gasteiger partial charge in [0.2, 0.25) is 0 Å². The van der Waals surface area contributed by atoms with Crippen molar-refractivity contribution in [1.82, 2.24) is 0 Å². The van der Waals surface area contributed by atoms with Crippen LogP contribution in [0.2, 0.25) is 0 Å². The van der Waals surface area contributed by atoms with Gasteiger partial charge in [-0.3, -0.25) is 4.79 Å². The first kappa shape index (κ1) is 18.9. The standard InChI is InChI=1S/C20H20N2O4/c1-4-26-17-9-6-16(7-10-17)22-20(23)15(13-21)11-14-5-8-18(24-2)12-19(14)25-3/h5-12H,4H2,1-3H3,(H,22,23). The molecule has 0 fully saturated rings. The number of nitriles is 1. The van der Waals surface area contributed by atoms with Crippen molar-refractivity contribution in [1.29, 1.82) is 5.26 Å². The molecular weight excluding hydrogens is 332 g/mol. The summed E-state index contributed by atoms with van der Waals surface area (Å²) in [6.07, 6.45) is 1.47. The highest BCUT2D eigenvalue weighted by Crippen LogP contribution is 2.26. The lowest BCUT2D eigenvalue weighted by molar-refractivity contribution is -0.112. The number of methoxy groups -OCH3 is 2. The maximum Gasteiger partial charge on any atom is 0.266 e. The number of ether oxygens (including phenoxy) is 3. The van der Waals surface area contributed by atoms with Gasteiger partial charge in [-0.1, -0.05) is 0 Å². The van der Waals surface area contributed by atoms with Crippen LogP contribution in [-0.2, 0) is 4.79 Å². The fourth-order valence-corrected chi connectivity index (χ4v) is 2.24. The van der Waals surface area contributed by atoms with E-state index in [2.05, 4.69) is 5.32 Å². The number of rotatable bonds is 7. The maximum atomic E-state index is 12.4. The third-order valence-corrected chi connectivity index (χ3v) is 3.53. The Kier molecular flexibility index (Phi) is 6.63. The summed E-state index contributed by atoms with van der Waals surface area (Å²) >= 11 is 0. The monoisotopic (exact) mass is 352 g/mol. The first-order chi connectivity index (χ1) is 12.6. The van der Waals surface area contributed by atoms with E-state index in [4.69, 9.17) is 14.2 Å². The summed E-state index contributed by atoms with van der Waals surface area (Å²) < 4.78 is 15.8. The number of nitrogens with one attached hydrogen (secondary N) is 1. The second-order valence-corrected chi connectivity index (χ2v) is 5.19. The van der Waals surface area contributed by atoms with E-state index < -0.39 is 5.91 Å². The molecule has 2 aromatic rings. The van der Waals surface area contributed by atoms with Crippen LogP contribution in [0.1, 0.15) is 12.5 Å². The minimum absolute atomic E-state index is 0.0395. The molecule has 26 heavy (non-hydrogen) atoms. The molecule has 0 aromatic heterocycles. The topological polar surface area (TPSA) is 80.6 Å². The number of hydrogen-bond acceptors (Lipinski definition) is 5. The molecule has 6 nitrogen and oxygen atoms in total. The van der Waals surface area contributed by atoms with Crippen LogP contribution in [0.5, 0.6) is 17.2 Å². The van der Waals surface area contributed by atoms with E-state index >= 15 is 0 Å². The minimum atomic E-state index is -0.505. The fourth-order valence-electron chi connectivity index (χ4n) is 2.24. The van der Waals surface area contributed by atoms with Gasteiger partial charge < -0.3 is 19.5 Å². The number of carbonyl (C=O) groups excluding carboxylic acids is 1. The summed E-state index contributed by atoms with van der Waals surface area (Å²) in [4.78, 5) is 12.4. The fraction of sp³-hybridized carbons (Fsp3) is 0.200. The second kappa shape index (κ2) is 9.14. The number of hydrogen-bond donors (Lipinski definition) is 1. The third-order valence-electron chi connectivity index (χ3n) is 3.53. The van der Waals surface area contributed by atoms with E-state index in [1.54, 1.807) is 49.6 Å². The molecule has 0 saturated heterocycles. The largest absolute Gasteiger partial charge is 0.497 e. The van der Waals surface area contributed by atoms with Gasteiger partial charge in [-0.2, -0.15) is 5.26 Å². The predicted molar refractivity (Wildman–Crippen MR) is 99.4 cm³/mol. The van der Waals surface area contributed by atoms with E-state index in [0.717, 1.165) is 0 Å². The summed E-state index contributed by atoms with van der Waals surface area (Å²) in [5, 5.41) is 12.0. The molecule has 2 aromatic carbocycles. The Balaban J connectivity index is 2.20. The zero-order valence-electron chi connectivity index (χ0n) is 14.9. The van der Waals surface area contributed by atoms with Crippen LogP contribution < -0.4 is 19.5 Å². The quantitative estimate of drug-likeness (QED) is 0.608. The van der Waals surface area contributed by atoms with Gasteiger partial charge in [0.25, 0.3) is 5.91 Å². The lowest BCUT2D eigenvalue weighted by Gasteiger charge is -2.09. The van der Waals surface area contributed by atoms with Crippen molar-refractivity contribution < 1.29 is 19.0 Å². The van der Waals surface area contributed by atoms with E-state index in [9.17, 15) is 10.1 Å². The minimum Gasteiger partial charge on any atom is -0.497 e. The van der Waals surface area contributed by atoms with E-state index in [0.29, 0.717) is 35.1 Å². The highest BCUT2D eigenvalue weighted by Gasteiger charge is 2.12. The van der Waals surface area contributed by atoms with E-state index in [1.165, 1.54) is 13.2 Å². The summed E-state index contributed by atoms with van der Waals surface area (Å²) in [6.45, 7) is 2.46. The molecule has 134 valence electrons. The lowest BCUT2D eigenvalue weighted by atomic mass is 10.1. The smallest absolute Gasteiger partial charge is 0.266 e. The van der Waals surface area contributed by atoms with Gasteiger partial charge in [0.05, 0.1) is 20.8 Å². The molecule has 1 amide bonds. The summed E-state index contributed by atoms with van der Waals surface area (Å²) in [5.41, 5.74) is 1.13. The molecule has 0 unspecified atom stereocenters. The Labute approximate surface area is 152 Å². The van der Waals surface area contributed by atoms with Crippen LogP contribution in [-0.4, -0.2) is 26.7 Å².